The van der Waals surface area contributed by atoms with Gasteiger partial charge >= 0.3 is 0 Å². The molecule has 0 fully saturated rings. The predicted molar refractivity (Wildman–Crippen MR) is 454 cm³/mol. The Morgan fingerprint density at radius 1 is 0.235 bits per heavy atom. The van der Waals surface area contributed by atoms with Crippen LogP contribution in [0.2, 0.25) is 0 Å². The molecule has 0 aromatic carbocycles. The number of hydrogen-bond donors (Lipinski definition) is 1. The molecule has 0 aliphatic carbocycles. The molecule has 0 spiro atoms. The van der Waals surface area contributed by atoms with Gasteiger partial charge in [-0.15, -0.1) is 36.3 Å². The van der Waals surface area contributed by atoms with Crippen molar-refractivity contribution in [3.8, 4) is 24.7 Å². The first-order valence-electron chi connectivity index (χ1n) is 38.4. The van der Waals surface area contributed by atoms with Gasteiger partial charge in [0.05, 0.1) is 6.61 Å². The molecule has 1 nitrogen and oxygen atoms in total. The summed E-state index contributed by atoms with van der Waals surface area (Å²) in [4.78, 5) is 0. The molecule has 0 aliphatic rings. The van der Waals surface area contributed by atoms with Crippen LogP contribution in [0.4, 0.5) is 0 Å². The summed E-state index contributed by atoms with van der Waals surface area (Å²) in [5, 5.41) is 8.90. The number of aliphatic hydroxyl groups is 1. The first-order chi connectivity index (χ1) is 46.6. The van der Waals surface area contributed by atoms with Crippen LogP contribution in [0.1, 0.15) is 358 Å². The Kier molecular flexibility index (Phi) is 72.3. The number of allylic oxidation sites excluding steroid dienone is 35. The van der Waals surface area contributed by atoms with Crippen molar-refractivity contribution in [2.45, 2.75) is 358 Å². The molecule has 0 saturated heterocycles. The zero-order valence-corrected chi connectivity index (χ0v) is 69.2. The summed E-state index contributed by atoms with van der Waals surface area (Å²) in [7, 11) is 0. The third kappa shape index (κ3) is 79.7. The van der Waals surface area contributed by atoms with Gasteiger partial charge in [0.1, 0.15) is 0 Å². The zero-order valence-electron chi connectivity index (χ0n) is 68.4. The van der Waals surface area contributed by atoms with Crippen molar-refractivity contribution in [1.29, 1.82) is 0 Å². The lowest BCUT2D eigenvalue weighted by Gasteiger charge is -2.04. The van der Waals surface area contributed by atoms with E-state index in [-0.39, 0.29) is 6.61 Å². The van der Waals surface area contributed by atoms with Crippen LogP contribution in [0.5, 0.6) is 0 Å². The highest BCUT2D eigenvalue weighted by Gasteiger charge is 2.01. The number of hydrogen-bond acceptors (Lipinski definition) is 1. The summed E-state index contributed by atoms with van der Waals surface area (Å²) in [6.45, 7) is 48.5. The lowest BCUT2D eigenvalue weighted by Crippen LogP contribution is -1.84. The van der Waals surface area contributed by atoms with Gasteiger partial charge in [0, 0.05) is 12.3 Å². The van der Waals surface area contributed by atoms with Crippen molar-refractivity contribution in [3.05, 3.63) is 210 Å². The molecule has 0 radical (unpaired) electrons. The minimum absolute atomic E-state index is 0.154. The molecular formula is C96H155ClO. The molecule has 0 aromatic rings. The summed E-state index contributed by atoms with van der Waals surface area (Å²) < 4.78 is 0. The SMILES string of the molecule is C#CC.C#CCC/C=C(\C)CC/C=C(\C)CC/C=C(\C)CC/C=C(\C)CC/C=C(\C)CCC=C(C)C.CC(C)=CCC/C(C)=C/CC/C(C)=C/CC/C(C)=C/CC/C(C)=C/CC/C(C)=C/CCl.CC(C)=CCC/C(C)=C/CC/C(C)=C/CC/C(C)=C/CC/C(C)=C/CC/C(C)=C/CO. The predicted octanol–water partition coefficient (Wildman–Crippen LogP) is 32.0. The van der Waals surface area contributed by atoms with Gasteiger partial charge in [-0.3, -0.25) is 0 Å². The average Bonchev–Trinajstić information content (AvgIpc) is 2.97. The molecule has 0 amide bonds. The zero-order chi connectivity index (χ0) is 74.6. The van der Waals surface area contributed by atoms with E-state index in [4.69, 9.17) is 23.1 Å². The van der Waals surface area contributed by atoms with Gasteiger partial charge in [-0.05, 0) is 351 Å². The summed E-state index contributed by atoms with van der Waals surface area (Å²) in [5.41, 5.74) is 26.6. The molecule has 0 heterocycles. The maximum atomic E-state index is 8.90. The van der Waals surface area contributed by atoms with Crippen molar-refractivity contribution in [1.82, 2.24) is 0 Å². The summed E-state index contributed by atoms with van der Waals surface area (Å²) >= 11 is 5.74. The monoisotopic (exact) mass is 1360 g/mol. The van der Waals surface area contributed by atoms with Crippen molar-refractivity contribution in [2.75, 3.05) is 12.5 Å². The van der Waals surface area contributed by atoms with E-state index in [1.807, 2.05) is 6.08 Å². The fourth-order valence-electron chi connectivity index (χ4n) is 10.5. The van der Waals surface area contributed by atoms with Crippen LogP contribution >= 0.6 is 11.6 Å². The average molecular weight is 1360 g/mol. The van der Waals surface area contributed by atoms with Crippen LogP contribution in [0, 0.1) is 24.7 Å². The van der Waals surface area contributed by atoms with Crippen LogP contribution in [0.15, 0.2) is 210 Å². The van der Waals surface area contributed by atoms with Gasteiger partial charge in [-0.25, -0.2) is 0 Å². The molecular weight excluding hydrogens is 1200 g/mol. The Morgan fingerprint density at radius 3 is 0.500 bits per heavy atom. The number of terminal acetylenes is 2. The fourth-order valence-corrected chi connectivity index (χ4v) is 10.8. The molecule has 1 N–H and O–H groups in total. The smallest absolute Gasteiger partial charge is 0.0614 e. The third-order valence-corrected chi connectivity index (χ3v) is 17.5. The minimum Gasteiger partial charge on any atom is -0.392 e. The van der Waals surface area contributed by atoms with Crippen molar-refractivity contribution in [2.24, 2.45) is 0 Å². The van der Waals surface area contributed by atoms with Gasteiger partial charge in [-0.1, -0.05) is 210 Å². The van der Waals surface area contributed by atoms with Crippen LogP contribution in [-0.4, -0.2) is 17.6 Å². The highest BCUT2D eigenvalue weighted by atomic mass is 35.5. The largest absolute Gasteiger partial charge is 0.392 e. The van der Waals surface area contributed by atoms with E-state index in [9.17, 15) is 0 Å². The van der Waals surface area contributed by atoms with Crippen LogP contribution in [0.25, 0.3) is 0 Å². The van der Waals surface area contributed by atoms with E-state index in [2.05, 4.69) is 267 Å². The highest BCUT2D eigenvalue weighted by molar-refractivity contribution is 6.18. The Hall–Kier alpha value is -5.31. The number of halogens is 1. The number of unbranched alkanes of at least 4 members (excludes halogenated alkanes) is 1. The standard InChI is InChI=1S/C33H52.C30H49Cl.C30H50O.C3H4/c1-9-10-11-18-29(4)20-13-22-31(6)24-15-26-33(8)27-16-25-32(7)23-14-21-30(5)19-12-17-28(2)3;2*1-25(2)13-8-14-26(3)15-9-16-27(4)17-10-18-28(5)19-11-20-29(6)21-12-22-30(7)23-24-31;1-3-2/h1,17-18,21-22,25-26H,10-16,19-20,23-24,27H2,2-8H3;13,15,17,19,21,23H,8-12,14,16,18,20,22,24H2,1-7H3;13,15,17,19,21,23,31H,8-12,14,16,18,20,22,24H2,1-7H3;1H,2H3/b29-18+,30-21+,31-22+,32-25+,33-26+;2*26-15+,27-17+,28-19+,29-21+,30-23+;. The molecule has 0 unspecified atom stereocenters. The van der Waals surface area contributed by atoms with Crippen LogP contribution in [-0.2, 0) is 0 Å². The second kappa shape index (κ2) is 71.5. The Balaban J connectivity index is -0.000000662. The molecule has 0 atom stereocenters. The molecule has 0 aromatic heterocycles. The second-order valence-corrected chi connectivity index (χ2v) is 29.4. The minimum atomic E-state index is 0.154. The topological polar surface area (TPSA) is 20.2 Å². The number of aliphatic hydroxyl groups excluding tert-OH is 1. The maximum absolute atomic E-state index is 8.90. The van der Waals surface area contributed by atoms with Crippen molar-refractivity contribution < 1.29 is 5.11 Å². The first-order valence-corrected chi connectivity index (χ1v) is 38.9. The highest BCUT2D eigenvalue weighted by Crippen LogP contribution is 2.21. The second-order valence-electron chi connectivity index (χ2n) is 29.1. The van der Waals surface area contributed by atoms with Crippen LogP contribution in [0.3, 0.4) is 0 Å². The third-order valence-electron chi connectivity index (χ3n) is 17.3. The number of rotatable bonds is 49. The van der Waals surface area contributed by atoms with E-state index < -0.39 is 0 Å². The molecule has 98 heavy (non-hydrogen) atoms. The summed E-state index contributed by atoms with van der Waals surface area (Å²) in [5.74, 6) is 5.57. The van der Waals surface area contributed by atoms with Gasteiger partial charge in [0.25, 0.3) is 0 Å². The lowest BCUT2D eigenvalue weighted by atomic mass is 10.0. The van der Waals surface area contributed by atoms with Gasteiger partial charge in [0.15, 0.2) is 0 Å². The molecule has 0 rings (SSSR count). The van der Waals surface area contributed by atoms with Gasteiger partial charge in [0.2, 0.25) is 0 Å². The Bertz CT molecular complexity index is 2640. The summed E-state index contributed by atoms with van der Waals surface area (Å²) in [6.07, 6.45) is 88.8. The molecule has 552 valence electrons. The molecule has 0 saturated carbocycles. The lowest BCUT2D eigenvalue weighted by molar-refractivity contribution is 0.341. The Labute approximate surface area is 617 Å². The Morgan fingerprint density at radius 2 is 0.367 bits per heavy atom. The fraction of sp³-hybridized carbons (Fsp3) is 0.583. The van der Waals surface area contributed by atoms with E-state index in [1.165, 1.54) is 216 Å². The molecule has 0 bridgehead atoms. The van der Waals surface area contributed by atoms with E-state index in [0.717, 1.165) is 89.9 Å². The molecule has 0 aliphatic heterocycles. The number of alkyl halides is 1. The quantitative estimate of drug-likeness (QED) is 0.0279. The normalized spacial score (nSPS) is 13.8. The van der Waals surface area contributed by atoms with Crippen molar-refractivity contribution >= 4 is 11.6 Å². The van der Waals surface area contributed by atoms with E-state index >= 15 is 0 Å². The van der Waals surface area contributed by atoms with E-state index in [1.54, 1.807) is 6.92 Å². The van der Waals surface area contributed by atoms with Gasteiger partial charge in [-0.2, -0.15) is 0 Å². The molecule has 2 heteroatoms. The summed E-state index contributed by atoms with van der Waals surface area (Å²) in [6, 6.07) is 0. The maximum Gasteiger partial charge on any atom is 0.0614 e. The van der Waals surface area contributed by atoms with Crippen LogP contribution < -0.4 is 0 Å². The first kappa shape index (κ1) is 99.1. The van der Waals surface area contributed by atoms with E-state index in [0.29, 0.717) is 5.88 Å². The van der Waals surface area contributed by atoms with Gasteiger partial charge < -0.3 is 5.11 Å². The van der Waals surface area contributed by atoms with Crippen molar-refractivity contribution in [3.63, 3.8) is 0 Å².